The van der Waals surface area contributed by atoms with Gasteiger partial charge < -0.3 is 15.8 Å². The smallest absolute Gasteiger partial charge is 0.251 e. The normalized spacial score (nSPS) is 10.2. The van der Waals surface area contributed by atoms with Gasteiger partial charge in [-0.05, 0) is 42.8 Å². The minimum atomic E-state index is -0.134. The van der Waals surface area contributed by atoms with E-state index in [0.717, 1.165) is 10.0 Å². The van der Waals surface area contributed by atoms with Gasteiger partial charge in [0, 0.05) is 16.6 Å². The van der Waals surface area contributed by atoms with Gasteiger partial charge in [0.1, 0.15) is 12.4 Å². The third kappa shape index (κ3) is 4.23. The van der Waals surface area contributed by atoms with Gasteiger partial charge in [-0.3, -0.25) is 4.79 Å². The minimum absolute atomic E-state index is 0.134. The van der Waals surface area contributed by atoms with Gasteiger partial charge in [-0.2, -0.15) is 0 Å². The molecular weight excluding hydrogens is 332 g/mol. The first kappa shape index (κ1) is 15.4. The molecule has 0 bridgehead atoms. The lowest BCUT2D eigenvalue weighted by Crippen LogP contribution is -2.22. The minimum Gasteiger partial charge on any atom is -0.487 e. The lowest BCUT2D eigenvalue weighted by Gasteiger charge is -2.11. The van der Waals surface area contributed by atoms with E-state index in [-0.39, 0.29) is 5.91 Å². The predicted molar refractivity (Wildman–Crippen MR) is 87.3 cm³/mol. The standard InChI is InChI=1S/C16H17BrN2O2/c1-2-19-16(20)12-6-7-14(18)15(9-12)21-10-11-4-3-5-13(17)8-11/h3-9H,2,10,18H2,1H3,(H,19,20). The average molecular weight is 349 g/mol. The van der Waals surface area contributed by atoms with E-state index >= 15 is 0 Å². The second-order valence-corrected chi connectivity index (χ2v) is 5.45. The van der Waals surface area contributed by atoms with Crippen molar-refractivity contribution in [3.8, 4) is 5.75 Å². The topological polar surface area (TPSA) is 64.4 Å². The Balaban J connectivity index is 2.12. The zero-order valence-corrected chi connectivity index (χ0v) is 13.3. The molecule has 5 heteroatoms. The fraction of sp³-hybridized carbons (Fsp3) is 0.188. The number of carbonyl (C=O) groups excluding carboxylic acids is 1. The van der Waals surface area contributed by atoms with Gasteiger partial charge in [-0.25, -0.2) is 0 Å². The van der Waals surface area contributed by atoms with E-state index in [1.54, 1.807) is 18.2 Å². The van der Waals surface area contributed by atoms with Gasteiger partial charge in [0.05, 0.1) is 5.69 Å². The second-order valence-electron chi connectivity index (χ2n) is 4.53. The number of carbonyl (C=O) groups is 1. The Morgan fingerprint density at radius 2 is 2.10 bits per heavy atom. The lowest BCUT2D eigenvalue weighted by molar-refractivity contribution is 0.0955. The van der Waals surface area contributed by atoms with Crippen molar-refractivity contribution in [3.63, 3.8) is 0 Å². The molecule has 0 atom stereocenters. The van der Waals surface area contributed by atoms with Gasteiger partial charge in [0.2, 0.25) is 0 Å². The average Bonchev–Trinajstić information content (AvgIpc) is 2.46. The van der Waals surface area contributed by atoms with Crippen LogP contribution in [0.1, 0.15) is 22.8 Å². The molecule has 0 radical (unpaired) electrons. The summed E-state index contributed by atoms with van der Waals surface area (Å²) in [6.07, 6.45) is 0. The number of hydrogen-bond acceptors (Lipinski definition) is 3. The van der Waals surface area contributed by atoms with Crippen molar-refractivity contribution >= 4 is 27.5 Å². The molecule has 0 heterocycles. The SMILES string of the molecule is CCNC(=O)c1ccc(N)c(OCc2cccc(Br)c2)c1. The van der Waals surface area contributed by atoms with Crippen LogP contribution in [0.3, 0.4) is 0 Å². The van der Waals surface area contributed by atoms with Gasteiger partial charge in [0.15, 0.2) is 0 Å². The van der Waals surface area contributed by atoms with Crippen LogP contribution in [0.4, 0.5) is 5.69 Å². The Bertz CT molecular complexity index is 644. The van der Waals surface area contributed by atoms with Crippen molar-refractivity contribution in [2.24, 2.45) is 0 Å². The summed E-state index contributed by atoms with van der Waals surface area (Å²) in [5, 5.41) is 2.75. The number of nitrogens with one attached hydrogen (secondary N) is 1. The maximum Gasteiger partial charge on any atom is 0.251 e. The molecule has 2 aromatic carbocycles. The van der Waals surface area contributed by atoms with Crippen molar-refractivity contribution < 1.29 is 9.53 Å². The highest BCUT2D eigenvalue weighted by molar-refractivity contribution is 9.10. The molecule has 0 fully saturated rings. The highest BCUT2D eigenvalue weighted by Crippen LogP contribution is 2.24. The number of anilines is 1. The molecule has 0 saturated carbocycles. The number of ether oxygens (including phenoxy) is 1. The summed E-state index contributed by atoms with van der Waals surface area (Å²) in [6, 6.07) is 12.9. The molecule has 4 nitrogen and oxygen atoms in total. The molecule has 0 unspecified atom stereocenters. The highest BCUT2D eigenvalue weighted by Gasteiger charge is 2.08. The molecule has 2 aromatic rings. The maximum absolute atomic E-state index is 11.8. The van der Waals surface area contributed by atoms with Crippen molar-refractivity contribution in [2.45, 2.75) is 13.5 Å². The first-order valence-corrected chi connectivity index (χ1v) is 7.44. The third-order valence-corrected chi connectivity index (χ3v) is 3.39. The Kier molecular flexibility index (Phi) is 5.22. The van der Waals surface area contributed by atoms with Crippen LogP contribution in [0.25, 0.3) is 0 Å². The molecule has 21 heavy (non-hydrogen) atoms. The third-order valence-electron chi connectivity index (χ3n) is 2.90. The number of amides is 1. The van der Waals surface area contributed by atoms with Gasteiger partial charge in [0.25, 0.3) is 5.91 Å². The molecule has 0 aliphatic carbocycles. The Morgan fingerprint density at radius 3 is 2.81 bits per heavy atom. The van der Waals surface area contributed by atoms with Crippen LogP contribution in [-0.2, 0) is 6.61 Å². The number of nitrogens with two attached hydrogens (primary N) is 1. The Morgan fingerprint density at radius 1 is 1.29 bits per heavy atom. The molecule has 0 aromatic heterocycles. The van der Waals surface area contributed by atoms with E-state index in [2.05, 4.69) is 21.2 Å². The first-order valence-electron chi connectivity index (χ1n) is 6.65. The van der Waals surface area contributed by atoms with Crippen LogP contribution in [0.15, 0.2) is 46.9 Å². The van der Waals surface area contributed by atoms with Crippen LogP contribution in [0.2, 0.25) is 0 Å². The zero-order chi connectivity index (χ0) is 15.2. The van der Waals surface area contributed by atoms with Crippen LogP contribution in [-0.4, -0.2) is 12.5 Å². The monoisotopic (exact) mass is 348 g/mol. The fourth-order valence-corrected chi connectivity index (χ4v) is 2.30. The van der Waals surface area contributed by atoms with Crippen LogP contribution in [0.5, 0.6) is 5.75 Å². The van der Waals surface area contributed by atoms with Crippen LogP contribution < -0.4 is 15.8 Å². The van der Waals surface area contributed by atoms with Crippen molar-refractivity contribution in [3.05, 3.63) is 58.1 Å². The molecule has 2 rings (SSSR count). The van der Waals surface area contributed by atoms with E-state index in [1.807, 2.05) is 31.2 Å². The van der Waals surface area contributed by atoms with Crippen molar-refractivity contribution in [2.75, 3.05) is 12.3 Å². The second kappa shape index (κ2) is 7.13. The lowest BCUT2D eigenvalue weighted by atomic mass is 10.1. The van der Waals surface area contributed by atoms with Gasteiger partial charge >= 0.3 is 0 Å². The molecule has 0 aliphatic rings. The van der Waals surface area contributed by atoms with E-state index in [4.69, 9.17) is 10.5 Å². The number of hydrogen-bond donors (Lipinski definition) is 2. The molecule has 3 N–H and O–H groups in total. The van der Waals surface area contributed by atoms with Crippen molar-refractivity contribution in [1.82, 2.24) is 5.32 Å². The molecule has 0 saturated heterocycles. The summed E-state index contributed by atoms with van der Waals surface area (Å²) in [6.45, 7) is 2.85. The first-order chi connectivity index (χ1) is 10.1. The molecular formula is C16H17BrN2O2. The zero-order valence-electron chi connectivity index (χ0n) is 11.7. The highest BCUT2D eigenvalue weighted by atomic mass is 79.9. The maximum atomic E-state index is 11.8. The molecule has 0 spiro atoms. The molecule has 0 aliphatic heterocycles. The quantitative estimate of drug-likeness (QED) is 0.814. The fourth-order valence-electron chi connectivity index (χ4n) is 1.85. The molecule has 1 amide bonds. The van der Waals surface area contributed by atoms with Gasteiger partial charge in [-0.15, -0.1) is 0 Å². The summed E-state index contributed by atoms with van der Waals surface area (Å²) < 4.78 is 6.71. The van der Waals surface area contributed by atoms with Gasteiger partial charge in [-0.1, -0.05) is 28.1 Å². The van der Waals surface area contributed by atoms with Crippen molar-refractivity contribution in [1.29, 1.82) is 0 Å². The Hall–Kier alpha value is -2.01. The summed E-state index contributed by atoms with van der Waals surface area (Å²) in [4.78, 5) is 11.8. The summed E-state index contributed by atoms with van der Waals surface area (Å²) in [5.74, 6) is 0.378. The van der Waals surface area contributed by atoms with E-state index in [0.29, 0.717) is 30.2 Å². The largest absolute Gasteiger partial charge is 0.487 e. The van der Waals surface area contributed by atoms with E-state index in [9.17, 15) is 4.79 Å². The van der Waals surface area contributed by atoms with E-state index in [1.165, 1.54) is 0 Å². The number of halogens is 1. The van der Waals surface area contributed by atoms with Crippen LogP contribution in [0, 0.1) is 0 Å². The number of rotatable bonds is 5. The van der Waals surface area contributed by atoms with Crippen LogP contribution >= 0.6 is 15.9 Å². The summed E-state index contributed by atoms with van der Waals surface area (Å²) in [5.41, 5.74) is 7.96. The van der Waals surface area contributed by atoms with E-state index < -0.39 is 0 Å². The Labute approximate surface area is 132 Å². The number of nitrogen functional groups attached to an aromatic ring is 1. The molecule has 110 valence electrons. The number of benzene rings is 2. The summed E-state index contributed by atoms with van der Waals surface area (Å²) >= 11 is 3.42. The summed E-state index contributed by atoms with van der Waals surface area (Å²) in [7, 11) is 0. The predicted octanol–water partition coefficient (Wildman–Crippen LogP) is 3.36.